The van der Waals surface area contributed by atoms with Crippen molar-refractivity contribution in [2.45, 2.75) is 49.2 Å². The van der Waals surface area contributed by atoms with Crippen molar-refractivity contribution in [3.8, 4) is 0 Å². The van der Waals surface area contributed by atoms with Gasteiger partial charge >= 0.3 is 5.97 Å². The standard InChI is InChI=1S/C16H20N2O8/c1-17-8(5-9(19)14(17)23)7-3-2-4-18(6-7)15-12(22)10(20)11(21)13(26-15)16(24)25/h2-4,6,8-13,15,19-22H,5H2,1H3/p+1/t8?,9-,10+,11+,12-,13+,15-/m1/s1/i1D3. The lowest BCUT2D eigenvalue weighted by atomic mass is 9.97. The van der Waals surface area contributed by atoms with Crippen LogP contribution >= 0.6 is 0 Å². The molecule has 1 aromatic rings. The average molecular weight is 372 g/mol. The summed E-state index contributed by atoms with van der Waals surface area (Å²) in [4.78, 5) is 24.0. The number of likely N-dealkylation sites (N-methyl/N-ethyl adjacent to an activating group) is 1. The minimum Gasteiger partial charge on any atom is -0.479 e. The van der Waals surface area contributed by atoms with Crippen LogP contribution in [0.2, 0.25) is 0 Å². The highest BCUT2D eigenvalue weighted by Crippen LogP contribution is 2.31. The van der Waals surface area contributed by atoms with Crippen LogP contribution in [0.15, 0.2) is 24.5 Å². The van der Waals surface area contributed by atoms with E-state index in [1.807, 2.05) is 0 Å². The molecule has 0 aliphatic carbocycles. The number of aliphatic hydroxyl groups excluding tert-OH is 4. The number of hydrogen-bond donors (Lipinski definition) is 5. The number of nitrogens with zero attached hydrogens (tertiary/aromatic N) is 2. The lowest BCUT2D eigenvalue weighted by Crippen LogP contribution is -2.63. The number of aliphatic hydroxyl groups is 4. The Morgan fingerprint density at radius 3 is 2.69 bits per heavy atom. The predicted octanol–water partition coefficient (Wildman–Crippen LogP) is -2.70. The van der Waals surface area contributed by atoms with Crippen LogP contribution in [0, 0.1) is 0 Å². The average Bonchev–Trinajstić information content (AvgIpc) is 2.95. The molecule has 1 aromatic heterocycles. The first-order chi connectivity index (χ1) is 13.4. The summed E-state index contributed by atoms with van der Waals surface area (Å²) in [7, 11) is 0. The highest BCUT2D eigenvalue weighted by molar-refractivity contribution is 5.83. The van der Waals surface area contributed by atoms with Crippen molar-refractivity contribution in [2.75, 3.05) is 6.98 Å². The quantitative estimate of drug-likeness (QED) is 0.360. The fourth-order valence-corrected chi connectivity index (χ4v) is 3.20. The van der Waals surface area contributed by atoms with Crippen LogP contribution in [0.1, 0.15) is 28.4 Å². The van der Waals surface area contributed by atoms with Crippen molar-refractivity contribution in [3.63, 3.8) is 0 Å². The molecule has 2 aliphatic rings. The van der Waals surface area contributed by atoms with E-state index in [-0.39, 0.29) is 12.0 Å². The Labute approximate surface area is 152 Å². The molecule has 0 aromatic carbocycles. The van der Waals surface area contributed by atoms with Gasteiger partial charge in [0.15, 0.2) is 24.6 Å². The van der Waals surface area contributed by atoms with Crippen LogP contribution in [-0.4, -0.2) is 79.8 Å². The number of hydrogen-bond acceptors (Lipinski definition) is 7. The van der Waals surface area contributed by atoms with Gasteiger partial charge in [-0.1, -0.05) is 0 Å². The Kier molecular flexibility index (Phi) is 3.98. The molecule has 142 valence electrons. The molecule has 3 heterocycles. The number of rotatable bonds is 3. The zero-order valence-corrected chi connectivity index (χ0v) is 13.4. The van der Waals surface area contributed by atoms with Crippen molar-refractivity contribution in [1.82, 2.24) is 4.90 Å². The molecule has 0 saturated carbocycles. The number of amides is 1. The molecule has 10 nitrogen and oxygen atoms in total. The van der Waals surface area contributed by atoms with Crippen LogP contribution in [0.3, 0.4) is 0 Å². The molecule has 0 radical (unpaired) electrons. The second-order valence-corrected chi connectivity index (χ2v) is 6.32. The van der Waals surface area contributed by atoms with Crippen LogP contribution < -0.4 is 4.57 Å². The zero-order chi connectivity index (χ0) is 21.7. The summed E-state index contributed by atoms with van der Waals surface area (Å²) < 4.78 is 29.1. The summed E-state index contributed by atoms with van der Waals surface area (Å²) in [6.45, 7) is -2.80. The van der Waals surface area contributed by atoms with Gasteiger partial charge in [0.25, 0.3) is 12.1 Å². The van der Waals surface area contributed by atoms with E-state index in [2.05, 4.69) is 0 Å². The molecular weight excluding hydrogens is 348 g/mol. The number of ether oxygens (including phenoxy) is 1. The fourth-order valence-electron chi connectivity index (χ4n) is 3.20. The number of carboxylic acid groups (broad SMARTS) is 1. The summed E-state index contributed by atoms with van der Waals surface area (Å²) in [6.07, 6.45) is -7.50. The molecule has 2 saturated heterocycles. The predicted molar refractivity (Wildman–Crippen MR) is 82.3 cm³/mol. The number of pyridine rings is 1. The molecule has 2 aliphatic heterocycles. The van der Waals surface area contributed by atoms with Crippen molar-refractivity contribution < 1.29 is 48.5 Å². The molecule has 2 fully saturated rings. The van der Waals surface area contributed by atoms with Crippen LogP contribution in [0.5, 0.6) is 0 Å². The van der Waals surface area contributed by atoms with Crippen LogP contribution in [0.4, 0.5) is 0 Å². The summed E-state index contributed by atoms with van der Waals surface area (Å²) in [6, 6.07) is 1.95. The largest absolute Gasteiger partial charge is 0.479 e. The summed E-state index contributed by atoms with van der Waals surface area (Å²) in [5.41, 5.74) is 0.289. The molecule has 10 heteroatoms. The first-order valence-electron chi connectivity index (χ1n) is 9.38. The van der Waals surface area contributed by atoms with E-state index in [4.69, 9.17) is 14.0 Å². The molecular formula is C16H21N2O8+. The number of carboxylic acids is 1. The number of aromatic nitrogens is 1. The third-order valence-corrected chi connectivity index (χ3v) is 4.64. The maximum Gasteiger partial charge on any atom is 0.335 e. The number of carbonyl (C=O) groups excluding carboxylic acids is 1. The molecule has 26 heavy (non-hydrogen) atoms. The van der Waals surface area contributed by atoms with Gasteiger partial charge in [-0.15, -0.1) is 0 Å². The first-order valence-corrected chi connectivity index (χ1v) is 7.88. The topological polar surface area (TPSA) is 152 Å². The van der Waals surface area contributed by atoms with Gasteiger partial charge in [-0.2, -0.15) is 4.57 Å². The molecule has 7 atom stereocenters. The molecule has 0 spiro atoms. The van der Waals surface area contributed by atoms with E-state index in [9.17, 15) is 30.0 Å². The van der Waals surface area contributed by atoms with E-state index in [1.54, 1.807) is 0 Å². The Hall–Kier alpha value is -2.11. The van der Waals surface area contributed by atoms with Gasteiger partial charge in [0.2, 0.25) is 0 Å². The third kappa shape index (κ3) is 3.06. The van der Waals surface area contributed by atoms with Crippen LogP contribution in [0.25, 0.3) is 0 Å². The summed E-state index contributed by atoms with van der Waals surface area (Å²) >= 11 is 0. The smallest absolute Gasteiger partial charge is 0.335 e. The van der Waals surface area contributed by atoms with Crippen LogP contribution in [-0.2, 0) is 14.3 Å². The lowest BCUT2D eigenvalue weighted by Gasteiger charge is -2.35. The van der Waals surface area contributed by atoms with Gasteiger partial charge < -0.3 is 35.2 Å². The number of carbonyl (C=O) groups is 2. The lowest BCUT2D eigenvalue weighted by molar-refractivity contribution is -0.777. The Morgan fingerprint density at radius 1 is 1.31 bits per heavy atom. The number of likely N-dealkylation sites (tertiary alicyclic amines) is 1. The monoisotopic (exact) mass is 372 g/mol. The van der Waals surface area contributed by atoms with E-state index in [0.717, 1.165) is 0 Å². The zero-order valence-electron chi connectivity index (χ0n) is 16.4. The Balaban J connectivity index is 1.95. The first kappa shape index (κ1) is 15.0. The molecule has 3 rings (SSSR count). The van der Waals surface area contributed by atoms with Gasteiger partial charge in [0.05, 0.1) is 6.04 Å². The fraction of sp³-hybridized carbons (Fsp3) is 0.562. The highest BCUT2D eigenvalue weighted by Gasteiger charge is 2.51. The van der Waals surface area contributed by atoms with Gasteiger partial charge in [-0.05, 0) is 6.07 Å². The van der Waals surface area contributed by atoms with Gasteiger partial charge in [-0.25, -0.2) is 4.79 Å². The summed E-state index contributed by atoms with van der Waals surface area (Å²) in [5.74, 6) is -2.48. The SMILES string of the molecule is [2H]C([2H])([2H])N1C(=O)[C@H](O)CC1c1ccc[n+]([C@@H]2O[C@H](C(=O)O)[C@@H](O)[C@H](O)[C@H]2O)c1. The number of aliphatic carboxylic acids is 1. The highest BCUT2D eigenvalue weighted by atomic mass is 16.6. The van der Waals surface area contributed by atoms with Gasteiger partial charge in [-0.3, -0.25) is 4.79 Å². The van der Waals surface area contributed by atoms with Crippen molar-refractivity contribution in [1.29, 1.82) is 0 Å². The minimum atomic E-state index is -2.80. The Morgan fingerprint density at radius 2 is 2.04 bits per heavy atom. The van der Waals surface area contributed by atoms with E-state index in [1.165, 1.54) is 29.1 Å². The van der Waals surface area contributed by atoms with E-state index >= 15 is 0 Å². The second-order valence-electron chi connectivity index (χ2n) is 6.32. The van der Waals surface area contributed by atoms with Gasteiger partial charge in [0.1, 0.15) is 18.3 Å². The molecule has 5 N–H and O–H groups in total. The minimum absolute atomic E-state index is 0.172. The van der Waals surface area contributed by atoms with E-state index in [0.29, 0.717) is 4.90 Å². The molecule has 1 amide bonds. The van der Waals surface area contributed by atoms with Crippen molar-refractivity contribution >= 4 is 11.9 Å². The third-order valence-electron chi connectivity index (χ3n) is 4.64. The maximum atomic E-state index is 12.1. The Bertz CT molecular complexity index is 807. The van der Waals surface area contributed by atoms with Gasteiger partial charge in [0, 0.05) is 29.1 Å². The maximum absolute atomic E-state index is 12.1. The van der Waals surface area contributed by atoms with E-state index < -0.39 is 61.6 Å². The summed E-state index contributed by atoms with van der Waals surface area (Å²) in [5, 5.41) is 49.0. The molecule has 0 bridgehead atoms. The normalized spacial score (nSPS) is 40.0. The van der Waals surface area contributed by atoms with Crippen molar-refractivity contribution in [3.05, 3.63) is 30.1 Å². The second kappa shape index (κ2) is 6.89. The molecule has 1 unspecified atom stereocenters. The van der Waals surface area contributed by atoms with Crippen molar-refractivity contribution in [2.24, 2.45) is 0 Å².